The number of ether oxygens (including phenoxy) is 2. The van der Waals surface area contributed by atoms with Gasteiger partial charge in [-0.15, -0.1) is 0 Å². The Bertz CT molecular complexity index is 1020. The van der Waals surface area contributed by atoms with Crippen molar-refractivity contribution < 1.29 is 9.47 Å². The van der Waals surface area contributed by atoms with Crippen LogP contribution in [0.25, 0.3) is 0 Å². The van der Waals surface area contributed by atoms with Gasteiger partial charge in [-0.2, -0.15) is 0 Å². The second-order valence-corrected chi connectivity index (χ2v) is 8.65. The van der Waals surface area contributed by atoms with Gasteiger partial charge in [-0.25, -0.2) is 0 Å². The Kier molecular flexibility index (Phi) is 7.93. The molecule has 0 aliphatic heterocycles. The molecule has 3 aromatic carbocycles. The summed E-state index contributed by atoms with van der Waals surface area (Å²) in [5.41, 5.74) is 5.45. The summed E-state index contributed by atoms with van der Waals surface area (Å²) in [6, 6.07) is 15.8. The van der Waals surface area contributed by atoms with E-state index in [4.69, 9.17) is 32.7 Å². The van der Waals surface area contributed by atoms with Crippen molar-refractivity contribution in [2.75, 3.05) is 11.9 Å². The van der Waals surface area contributed by atoms with Crippen molar-refractivity contribution in [3.8, 4) is 11.5 Å². The highest BCUT2D eigenvalue weighted by atomic mass is 79.9. The lowest BCUT2D eigenvalue weighted by Crippen LogP contribution is -2.04. The van der Waals surface area contributed by atoms with E-state index in [1.165, 1.54) is 11.1 Å². The van der Waals surface area contributed by atoms with Crippen LogP contribution in [0.5, 0.6) is 11.5 Å². The SMILES string of the molecule is CCOc1cc(CNc2ccc(C)c(C)c2)cc(Br)c1OCc1c(Cl)cccc1Cl. The first-order valence-corrected chi connectivity index (χ1v) is 11.3. The van der Waals surface area contributed by atoms with E-state index in [0.29, 0.717) is 34.7 Å². The van der Waals surface area contributed by atoms with E-state index in [1.54, 1.807) is 12.1 Å². The number of benzene rings is 3. The molecule has 1 N–H and O–H groups in total. The number of anilines is 1. The third kappa shape index (κ3) is 5.63. The summed E-state index contributed by atoms with van der Waals surface area (Å²) in [5, 5.41) is 4.62. The first-order chi connectivity index (χ1) is 14.4. The molecule has 0 aliphatic rings. The summed E-state index contributed by atoms with van der Waals surface area (Å²) in [7, 11) is 0. The van der Waals surface area contributed by atoms with Crippen molar-refractivity contribution in [3.63, 3.8) is 0 Å². The third-order valence-corrected chi connectivity index (χ3v) is 6.09. The molecule has 158 valence electrons. The molecule has 0 spiro atoms. The molecule has 6 heteroatoms. The first kappa shape index (κ1) is 22.8. The van der Waals surface area contributed by atoms with Gasteiger partial charge in [0.25, 0.3) is 0 Å². The van der Waals surface area contributed by atoms with Crippen molar-refractivity contribution in [1.29, 1.82) is 0 Å². The molecule has 0 heterocycles. The van der Waals surface area contributed by atoms with Gasteiger partial charge in [0.2, 0.25) is 0 Å². The Morgan fingerprint density at radius 2 is 1.67 bits per heavy atom. The Balaban J connectivity index is 1.78. The Labute approximate surface area is 196 Å². The van der Waals surface area contributed by atoms with E-state index in [1.807, 2.05) is 25.1 Å². The maximum Gasteiger partial charge on any atom is 0.175 e. The summed E-state index contributed by atoms with van der Waals surface area (Å²) in [4.78, 5) is 0. The van der Waals surface area contributed by atoms with E-state index in [-0.39, 0.29) is 6.61 Å². The summed E-state index contributed by atoms with van der Waals surface area (Å²) < 4.78 is 12.7. The van der Waals surface area contributed by atoms with Crippen molar-refractivity contribution in [1.82, 2.24) is 0 Å². The smallest absolute Gasteiger partial charge is 0.175 e. The largest absolute Gasteiger partial charge is 0.490 e. The molecule has 0 atom stereocenters. The zero-order valence-electron chi connectivity index (χ0n) is 17.2. The lowest BCUT2D eigenvalue weighted by molar-refractivity contribution is 0.267. The maximum absolute atomic E-state index is 6.27. The van der Waals surface area contributed by atoms with Crippen LogP contribution in [0.3, 0.4) is 0 Å². The Hall–Kier alpha value is -1.88. The minimum absolute atomic E-state index is 0.247. The molecule has 0 unspecified atom stereocenters. The number of halogens is 3. The number of aryl methyl sites for hydroxylation is 2. The zero-order valence-corrected chi connectivity index (χ0v) is 20.3. The maximum atomic E-state index is 6.27. The van der Waals surface area contributed by atoms with Gasteiger partial charge in [0.15, 0.2) is 11.5 Å². The number of hydrogen-bond acceptors (Lipinski definition) is 3. The quantitative estimate of drug-likeness (QED) is 0.334. The third-order valence-electron chi connectivity index (χ3n) is 4.80. The van der Waals surface area contributed by atoms with Crippen molar-refractivity contribution in [3.05, 3.63) is 85.3 Å². The van der Waals surface area contributed by atoms with Gasteiger partial charge < -0.3 is 14.8 Å². The zero-order chi connectivity index (χ0) is 21.7. The highest BCUT2D eigenvalue weighted by Crippen LogP contribution is 2.38. The molecule has 0 saturated carbocycles. The molecule has 0 bridgehead atoms. The van der Waals surface area contributed by atoms with Crippen molar-refractivity contribution in [2.24, 2.45) is 0 Å². The van der Waals surface area contributed by atoms with Crippen LogP contribution in [0.15, 0.2) is 53.0 Å². The molecule has 3 rings (SSSR count). The molecule has 30 heavy (non-hydrogen) atoms. The van der Waals surface area contributed by atoms with E-state index in [9.17, 15) is 0 Å². The van der Waals surface area contributed by atoms with Gasteiger partial charge in [0.1, 0.15) is 6.61 Å². The van der Waals surface area contributed by atoms with E-state index >= 15 is 0 Å². The lowest BCUT2D eigenvalue weighted by Gasteiger charge is -2.17. The van der Waals surface area contributed by atoms with Crippen LogP contribution >= 0.6 is 39.1 Å². The van der Waals surface area contributed by atoms with Crippen LogP contribution < -0.4 is 14.8 Å². The Morgan fingerprint density at radius 1 is 0.933 bits per heavy atom. The molecular formula is C24H24BrCl2NO2. The standard InChI is InChI=1S/C24H24BrCl2NO2/c1-4-29-23-12-17(13-28-18-9-8-15(2)16(3)10-18)11-20(25)24(23)30-14-19-21(26)6-5-7-22(19)27/h5-12,28H,4,13-14H2,1-3H3. The molecular weight excluding hydrogens is 485 g/mol. The van der Waals surface area contributed by atoms with Gasteiger partial charge in [-0.3, -0.25) is 0 Å². The van der Waals surface area contributed by atoms with Gasteiger partial charge in [0.05, 0.1) is 11.1 Å². The fraction of sp³-hybridized carbons (Fsp3) is 0.250. The average Bonchev–Trinajstić information content (AvgIpc) is 2.70. The van der Waals surface area contributed by atoms with E-state index in [2.05, 4.69) is 53.3 Å². The van der Waals surface area contributed by atoms with Crippen molar-refractivity contribution in [2.45, 2.75) is 33.9 Å². The first-order valence-electron chi connectivity index (χ1n) is 9.71. The van der Waals surface area contributed by atoms with Gasteiger partial charge in [0, 0.05) is 27.8 Å². The normalized spacial score (nSPS) is 10.7. The predicted molar refractivity (Wildman–Crippen MR) is 129 cm³/mol. The fourth-order valence-electron chi connectivity index (χ4n) is 3.00. The highest BCUT2D eigenvalue weighted by Gasteiger charge is 2.15. The van der Waals surface area contributed by atoms with Gasteiger partial charge in [-0.1, -0.05) is 35.3 Å². The minimum Gasteiger partial charge on any atom is -0.490 e. The molecule has 0 aliphatic carbocycles. The predicted octanol–water partition coefficient (Wildman–Crippen LogP) is 7.96. The molecule has 0 radical (unpaired) electrons. The average molecular weight is 509 g/mol. The van der Waals surface area contributed by atoms with Crippen LogP contribution in [-0.4, -0.2) is 6.61 Å². The molecule has 3 nitrogen and oxygen atoms in total. The van der Waals surface area contributed by atoms with Crippen LogP contribution in [0.2, 0.25) is 10.0 Å². The van der Waals surface area contributed by atoms with Crippen LogP contribution in [-0.2, 0) is 13.2 Å². The molecule has 3 aromatic rings. The molecule has 0 fully saturated rings. The van der Waals surface area contributed by atoms with Crippen molar-refractivity contribution >= 4 is 44.8 Å². The number of rotatable bonds is 8. The van der Waals surface area contributed by atoms with Crippen LogP contribution in [0.1, 0.15) is 29.2 Å². The highest BCUT2D eigenvalue weighted by molar-refractivity contribution is 9.10. The molecule has 0 amide bonds. The summed E-state index contributed by atoms with van der Waals surface area (Å²) in [6.45, 7) is 7.61. The monoisotopic (exact) mass is 507 g/mol. The lowest BCUT2D eigenvalue weighted by atomic mass is 10.1. The second-order valence-electron chi connectivity index (χ2n) is 6.98. The Morgan fingerprint density at radius 3 is 2.33 bits per heavy atom. The number of hydrogen-bond donors (Lipinski definition) is 1. The topological polar surface area (TPSA) is 30.5 Å². The van der Waals surface area contributed by atoms with E-state index in [0.717, 1.165) is 21.3 Å². The minimum atomic E-state index is 0.247. The summed E-state index contributed by atoms with van der Waals surface area (Å²) in [5.74, 6) is 1.30. The second kappa shape index (κ2) is 10.4. The van der Waals surface area contributed by atoms with Crippen LogP contribution in [0, 0.1) is 13.8 Å². The van der Waals surface area contributed by atoms with Gasteiger partial charge in [-0.05, 0) is 89.8 Å². The summed E-state index contributed by atoms with van der Waals surface area (Å²) >= 11 is 16.2. The fourth-order valence-corrected chi connectivity index (χ4v) is 4.11. The summed E-state index contributed by atoms with van der Waals surface area (Å²) in [6.07, 6.45) is 0. The van der Waals surface area contributed by atoms with Crippen LogP contribution in [0.4, 0.5) is 5.69 Å². The van der Waals surface area contributed by atoms with E-state index < -0.39 is 0 Å². The molecule has 0 saturated heterocycles. The molecule has 0 aromatic heterocycles. The number of nitrogens with one attached hydrogen (secondary N) is 1. The van der Waals surface area contributed by atoms with Gasteiger partial charge >= 0.3 is 0 Å².